The monoisotopic (exact) mass is 439 g/mol. The van der Waals surface area contributed by atoms with Crippen LogP contribution in [-0.2, 0) is 11.3 Å². The van der Waals surface area contributed by atoms with Gasteiger partial charge in [-0.1, -0.05) is 47.5 Å². The molecule has 0 saturated carbocycles. The number of imide groups is 1. The van der Waals surface area contributed by atoms with E-state index in [-0.39, 0.29) is 30.9 Å². The number of halogens is 1. The van der Waals surface area contributed by atoms with Gasteiger partial charge in [0.2, 0.25) is 0 Å². The molecule has 3 aliphatic rings. The van der Waals surface area contributed by atoms with Crippen LogP contribution >= 0.6 is 11.6 Å². The maximum atomic E-state index is 13.5. The lowest BCUT2D eigenvalue weighted by molar-refractivity contribution is -0.139. The Hall–Kier alpha value is -2.61. The van der Waals surface area contributed by atoms with E-state index in [0.29, 0.717) is 5.02 Å². The third kappa shape index (κ3) is 3.46. The molecule has 3 fully saturated rings. The molecule has 0 radical (unpaired) electrons. The number of hydrogen-bond acceptors (Lipinski definition) is 5. The molecule has 0 aliphatic carbocycles. The average molecular weight is 440 g/mol. The summed E-state index contributed by atoms with van der Waals surface area (Å²) in [5.74, 6) is -0.142. The normalized spacial score (nSPS) is 26.3. The van der Waals surface area contributed by atoms with Gasteiger partial charge in [-0.05, 0) is 37.1 Å². The Labute approximate surface area is 187 Å². The zero-order valence-corrected chi connectivity index (χ0v) is 18.4. The molecule has 0 aromatic heterocycles. The lowest BCUT2D eigenvalue weighted by atomic mass is 10.1. The van der Waals surface area contributed by atoms with Crippen molar-refractivity contribution in [1.29, 1.82) is 0 Å². The zero-order valence-electron chi connectivity index (χ0n) is 17.7. The van der Waals surface area contributed by atoms with E-state index in [1.54, 1.807) is 11.9 Å². The predicted octanol–water partition coefficient (Wildman–Crippen LogP) is 2.84. The average Bonchev–Trinajstić information content (AvgIpc) is 3.16. The molecule has 3 aliphatic heterocycles. The van der Waals surface area contributed by atoms with Crippen LogP contribution in [0.5, 0.6) is 0 Å². The second kappa shape index (κ2) is 7.82. The summed E-state index contributed by atoms with van der Waals surface area (Å²) in [6.45, 7) is 3.95. The fourth-order valence-electron chi connectivity index (χ4n) is 4.86. The first-order chi connectivity index (χ1) is 14.9. The number of aryl methyl sites for hydroxylation is 1. The van der Waals surface area contributed by atoms with Crippen molar-refractivity contribution >= 4 is 29.2 Å². The molecular weight excluding hydrogens is 414 g/mol. The van der Waals surface area contributed by atoms with Gasteiger partial charge >= 0.3 is 6.03 Å². The number of benzene rings is 2. The molecule has 31 heavy (non-hydrogen) atoms. The van der Waals surface area contributed by atoms with Gasteiger partial charge in [-0.25, -0.2) is 4.79 Å². The number of carbonyl (C=O) groups excluding carboxylic acids is 2. The summed E-state index contributed by atoms with van der Waals surface area (Å²) in [7, 11) is 1.77. The highest BCUT2D eigenvalue weighted by atomic mass is 35.5. The molecule has 3 atom stereocenters. The third-order valence-electron chi connectivity index (χ3n) is 6.47. The zero-order chi connectivity index (χ0) is 21.7. The number of amides is 3. The van der Waals surface area contributed by atoms with Crippen molar-refractivity contribution in [2.24, 2.45) is 0 Å². The molecule has 0 bridgehead atoms. The Morgan fingerprint density at radius 3 is 2.61 bits per heavy atom. The summed E-state index contributed by atoms with van der Waals surface area (Å²) in [6, 6.07) is 15.0. The number of nitrogens with one attached hydrogen (secondary N) is 1. The minimum absolute atomic E-state index is 0.142. The molecule has 2 aromatic carbocycles. The van der Waals surface area contributed by atoms with Crippen LogP contribution in [0.4, 0.5) is 10.5 Å². The van der Waals surface area contributed by atoms with E-state index >= 15 is 0 Å². The van der Waals surface area contributed by atoms with Crippen molar-refractivity contribution in [2.45, 2.75) is 38.4 Å². The maximum Gasteiger partial charge on any atom is 0.328 e. The summed E-state index contributed by atoms with van der Waals surface area (Å²) in [5, 5.41) is 4.21. The van der Waals surface area contributed by atoms with Crippen LogP contribution in [0.2, 0.25) is 5.02 Å². The van der Waals surface area contributed by atoms with E-state index in [0.717, 1.165) is 36.3 Å². The first kappa shape index (κ1) is 20.3. The molecule has 3 saturated heterocycles. The van der Waals surface area contributed by atoms with Gasteiger partial charge in [0, 0.05) is 30.8 Å². The van der Waals surface area contributed by atoms with E-state index in [2.05, 4.69) is 15.1 Å². The molecule has 1 N–H and O–H groups in total. The smallest absolute Gasteiger partial charge is 0.328 e. The Morgan fingerprint density at radius 2 is 1.87 bits per heavy atom. The number of hydrogen-bond donors (Lipinski definition) is 1. The van der Waals surface area contributed by atoms with Gasteiger partial charge in [-0.2, -0.15) is 0 Å². The molecule has 3 amide bonds. The molecule has 7 nitrogen and oxygen atoms in total. The molecule has 162 valence electrons. The first-order valence-corrected chi connectivity index (χ1v) is 11.0. The van der Waals surface area contributed by atoms with Gasteiger partial charge in [-0.15, -0.1) is 0 Å². The highest BCUT2D eigenvalue weighted by Gasteiger charge is 2.56. The van der Waals surface area contributed by atoms with Gasteiger partial charge in [-0.3, -0.25) is 19.9 Å². The summed E-state index contributed by atoms with van der Waals surface area (Å²) in [6.07, 6.45) is 0.399. The molecule has 5 rings (SSSR count). The Morgan fingerprint density at radius 1 is 1.10 bits per heavy atom. The number of nitrogens with zero attached hydrogens (tertiary/aromatic N) is 4. The van der Waals surface area contributed by atoms with Gasteiger partial charge < -0.3 is 9.80 Å². The van der Waals surface area contributed by atoms with Crippen molar-refractivity contribution < 1.29 is 9.59 Å². The van der Waals surface area contributed by atoms with Crippen molar-refractivity contribution in [3.8, 4) is 0 Å². The quantitative estimate of drug-likeness (QED) is 0.797. The van der Waals surface area contributed by atoms with Crippen molar-refractivity contribution in [1.82, 2.24) is 20.0 Å². The van der Waals surface area contributed by atoms with Crippen LogP contribution in [0.3, 0.4) is 0 Å². The highest BCUT2D eigenvalue weighted by Crippen LogP contribution is 2.34. The van der Waals surface area contributed by atoms with Crippen LogP contribution < -0.4 is 10.2 Å². The van der Waals surface area contributed by atoms with Crippen molar-refractivity contribution in [3.63, 3.8) is 0 Å². The Balaban J connectivity index is 1.43. The number of anilines is 1. The topological polar surface area (TPSA) is 59.1 Å². The Kier molecular flexibility index (Phi) is 5.12. The van der Waals surface area contributed by atoms with Crippen LogP contribution in [-0.4, -0.2) is 65.3 Å². The van der Waals surface area contributed by atoms with Crippen LogP contribution in [0.15, 0.2) is 48.5 Å². The number of rotatable bonds is 3. The fourth-order valence-corrected chi connectivity index (χ4v) is 5.04. The molecule has 2 aromatic rings. The molecule has 3 unspecified atom stereocenters. The summed E-state index contributed by atoms with van der Waals surface area (Å²) in [4.78, 5) is 34.1. The number of fused-ring (bicyclic) bond motifs is 3. The predicted molar refractivity (Wildman–Crippen MR) is 120 cm³/mol. The van der Waals surface area contributed by atoms with Gasteiger partial charge in [0.05, 0.1) is 6.54 Å². The molecule has 3 heterocycles. The first-order valence-electron chi connectivity index (χ1n) is 10.6. The third-order valence-corrected chi connectivity index (χ3v) is 6.71. The lowest BCUT2D eigenvalue weighted by Gasteiger charge is -2.44. The van der Waals surface area contributed by atoms with Gasteiger partial charge in [0.25, 0.3) is 5.91 Å². The van der Waals surface area contributed by atoms with Crippen LogP contribution in [0.1, 0.15) is 17.5 Å². The number of urea groups is 1. The summed E-state index contributed by atoms with van der Waals surface area (Å²) in [5.41, 5.74) is 3.10. The minimum atomic E-state index is -0.417. The van der Waals surface area contributed by atoms with Crippen molar-refractivity contribution in [2.75, 3.05) is 25.0 Å². The second-order valence-electron chi connectivity index (χ2n) is 8.50. The number of carbonyl (C=O) groups is 2. The van der Waals surface area contributed by atoms with E-state index in [4.69, 9.17) is 11.6 Å². The largest absolute Gasteiger partial charge is 0.343 e. The van der Waals surface area contributed by atoms with E-state index in [9.17, 15) is 9.59 Å². The molecule has 8 heteroatoms. The standard InChI is InChI=1S/C23H26ClN5O2/c1-15-7-9-16(10-8-15)14-29-21(30)19-20(26(2)23(29)31)25-22-27(11-4-12-28(19)22)18-6-3-5-17(24)13-18/h3,5-10,13,19-20,22,25H,4,11-12,14H2,1-2H3. The second-order valence-corrected chi connectivity index (χ2v) is 8.93. The van der Waals surface area contributed by atoms with E-state index in [1.807, 2.05) is 55.5 Å². The molecule has 0 spiro atoms. The Bertz CT molecular complexity index is 1010. The fraction of sp³-hybridized carbons (Fsp3) is 0.391. The lowest BCUT2D eigenvalue weighted by Crippen LogP contribution is -2.66. The van der Waals surface area contributed by atoms with Gasteiger partial charge in [0.15, 0.2) is 0 Å². The van der Waals surface area contributed by atoms with Crippen molar-refractivity contribution in [3.05, 3.63) is 64.7 Å². The number of likely N-dealkylation sites (N-methyl/N-ethyl adjacent to an activating group) is 1. The van der Waals surface area contributed by atoms with Gasteiger partial charge in [0.1, 0.15) is 18.5 Å². The molecular formula is C23H26ClN5O2. The van der Waals surface area contributed by atoms with Crippen LogP contribution in [0.25, 0.3) is 0 Å². The van der Waals surface area contributed by atoms with E-state index < -0.39 is 6.04 Å². The minimum Gasteiger partial charge on any atom is -0.343 e. The maximum absolute atomic E-state index is 13.5. The SMILES string of the molecule is Cc1ccc(CN2C(=O)C3C(NC4N(c5cccc(Cl)c5)CCCN34)N(C)C2=O)cc1. The highest BCUT2D eigenvalue weighted by molar-refractivity contribution is 6.30. The summed E-state index contributed by atoms with van der Waals surface area (Å²) < 4.78 is 0. The summed E-state index contributed by atoms with van der Waals surface area (Å²) >= 11 is 6.23. The van der Waals surface area contributed by atoms with Crippen LogP contribution in [0, 0.1) is 6.92 Å². The van der Waals surface area contributed by atoms with E-state index in [1.165, 1.54) is 4.90 Å².